The topological polar surface area (TPSA) is 29.5 Å². The Hall–Kier alpha value is -0.780. The van der Waals surface area contributed by atoms with E-state index in [1.54, 1.807) is 0 Å². The fourth-order valence-corrected chi connectivity index (χ4v) is 3.20. The third-order valence-electron chi connectivity index (χ3n) is 3.66. The molecule has 2 nitrogen and oxygen atoms in total. The Labute approximate surface area is 143 Å². The maximum absolute atomic E-state index is 10.6. The minimum atomic E-state index is -0.673. The molecule has 110 valence electrons. The quantitative estimate of drug-likeness (QED) is 0.719. The van der Waals surface area contributed by atoms with Crippen molar-refractivity contribution in [1.82, 2.24) is 0 Å². The second kappa shape index (κ2) is 5.45. The van der Waals surface area contributed by atoms with Gasteiger partial charge in [0.05, 0.1) is 5.02 Å². The second-order valence-corrected chi connectivity index (χ2v) is 7.55. The highest BCUT2D eigenvalue weighted by atomic mass is 127. The molecule has 0 aromatic heterocycles. The van der Waals surface area contributed by atoms with Gasteiger partial charge in [0.25, 0.3) is 0 Å². The van der Waals surface area contributed by atoms with Gasteiger partial charge in [-0.25, -0.2) is 0 Å². The molecule has 0 amide bonds. The van der Waals surface area contributed by atoms with Gasteiger partial charge in [0.1, 0.15) is 17.5 Å². The maximum Gasteiger partial charge on any atom is 0.123 e. The number of halogens is 2. The Morgan fingerprint density at radius 3 is 2.57 bits per heavy atom. The van der Waals surface area contributed by atoms with Crippen LogP contribution in [-0.2, 0) is 6.42 Å². The molecule has 4 heteroatoms. The third-order valence-corrected chi connectivity index (χ3v) is 5.23. The summed E-state index contributed by atoms with van der Waals surface area (Å²) in [7, 11) is 0. The zero-order chi connectivity index (χ0) is 15.2. The molecule has 0 spiro atoms. The van der Waals surface area contributed by atoms with Gasteiger partial charge >= 0.3 is 0 Å². The fourth-order valence-electron chi connectivity index (χ4n) is 2.67. The van der Waals surface area contributed by atoms with Crippen LogP contribution >= 0.6 is 34.2 Å². The minimum Gasteiger partial charge on any atom is -0.487 e. The van der Waals surface area contributed by atoms with Gasteiger partial charge in [-0.3, -0.25) is 0 Å². The Kier molecular flexibility index (Phi) is 3.93. The summed E-state index contributed by atoms with van der Waals surface area (Å²) in [6.45, 7) is 4.14. The van der Waals surface area contributed by atoms with Gasteiger partial charge in [0.15, 0.2) is 0 Å². The van der Waals surface area contributed by atoms with E-state index < -0.39 is 6.10 Å². The molecule has 1 atom stereocenters. The zero-order valence-corrected chi connectivity index (χ0v) is 14.8. The normalized spacial score (nSPS) is 17.2. The van der Waals surface area contributed by atoms with Crippen molar-refractivity contribution in [2.24, 2.45) is 0 Å². The first-order valence-electron chi connectivity index (χ1n) is 6.80. The highest BCUT2D eigenvalue weighted by Crippen LogP contribution is 2.37. The van der Waals surface area contributed by atoms with E-state index in [9.17, 15) is 5.11 Å². The zero-order valence-electron chi connectivity index (χ0n) is 11.9. The van der Waals surface area contributed by atoms with Crippen LogP contribution in [0.1, 0.15) is 36.6 Å². The molecule has 3 rings (SSSR count). The van der Waals surface area contributed by atoms with Gasteiger partial charge in [-0.1, -0.05) is 23.7 Å². The van der Waals surface area contributed by atoms with Gasteiger partial charge in [0.2, 0.25) is 0 Å². The van der Waals surface area contributed by atoms with Crippen molar-refractivity contribution in [3.8, 4) is 5.75 Å². The second-order valence-electron chi connectivity index (χ2n) is 5.98. The van der Waals surface area contributed by atoms with E-state index in [1.807, 2.05) is 36.4 Å². The first-order valence-corrected chi connectivity index (χ1v) is 8.26. The lowest BCUT2D eigenvalue weighted by molar-refractivity contribution is 0.138. The van der Waals surface area contributed by atoms with Crippen molar-refractivity contribution < 1.29 is 9.84 Å². The highest BCUT2D eigenvalue weighted by molar-refractivity contribution is 14.1. The van der Waals surface area contributed by atoms with Crippen LogP contribution in [0.5, 0.6) is 5.75 Å². The number of benzene rings is 2. The van der Waals surface area contributed by atoms with E-state index in [0.29, 0.717) is 5.02 Å². The van der Waals surface area contributed by atoms with E-state index in [-0.39, 0.29) is 5.60 Å². The summed E-state index contributed by atoms with van der Waals surface area (Å²) in [5.74, 6) is 0.914. The molecule has 0 radical (unpaired) electrons. The highest BCUT2D eigenvalue weighted by Gasteiger charge is 2.30. The summed E-state index contributed by atoms with van der Waals surface area (Å²) < 4.78 is 6.85. The van der Waals surface area contributed by atoms with Gasteiger partial charge in [0, 0.05) is 9.99 Å². The molecule has 1 heterocycles. The third kappa shape index (κ3) is 3.05. The SMILES string of the molecule is CC1(C)Cc2cc(C(O)c3ccc(I)c(Cl)c3)ccc2O1. The summed E-state index contributed by atoms with van der Waals surface area (Å²) in [5.41, 5.74) is 2.65. The number of aliphatic hydroxyl groups is 1. The van der Waals surface area contributed by atoms with Crippen molar-refractivity contribution >= 4 is 34.2 Å². The monoisotopic (exact) mass is 414 g/mol. The van der Waals surface area contributed by atoms with E-state index in [2.05, 4.69) is 36.4 Å². The molecule has 2 aromatic rings. The van der Waals surface area contributed by atoms with Crippen molar-refractivity contribution in [1.29, 1.82) is 0 Å². The number of aliphatic hydroxyl groups excluding tert-OH is 1. The molecule has 21 heavy (non-hydrogen) atoms. The predicted molar refractivity (Wildman–Crippen MR) is 93.1 cm³/mol. The molecule has 0 bridgehead atoms. The number of ether oxygens (including phenoxy) is 1. The van der Waals surface area contributed by atoms with Crippen LogP contribution in [0, 0.1) is 3.57 Å². The van der Waals surface area contributed by atoms with Gasteiger partial charge in [-0.2, -0.15) is 0 Å². The van der Waals surface area contributed by atoms with Crippen LogP contribution in [0.25, 0.3) is 0 Å². The van der Waals surface area contributed by atoms with Crippen LogP contribution in [0.2, 0.25) is 5.02 Å². The molecule has 0 saturated carbocycles. The average molecular weight is 415 g/mol. The maximum atomic E-state index is 10.6. The molecular weight excluding hydrogens is 399 g/mol. The summed E-state index contributed by atoms with van der Waals surface area (Å²) in [6.07, 6.45) is 0.185. The number of fused-ring (bicyclic) bond motifs is 1. The lowest BCUT2D eigenvalue weighted by Gasteiger charge is -2.16. The average Bonchev–Trinajstić information content (AvgIpc) is 2.73. The van der Waals surface area contributed by atoms with Crippen LogP contribution in [-0.4, -0.2) is 10.7 Å². The fraction of sp³-hybridized carbons (Fsp3) is 0.294. The van der Waals surface area contributed by atoms with Crippen molar-refractivity contribution in [2.75, 3.05) is 0 Å². The van der Waals surface area contributed by atoms with Crippen molar-refractivity contribution in [3.63, 3.8) is 0 Å². The first-order chi connectivity index (χ1) is 9.85. The Morgan fingerprint density at radius 1 is 1.19 bits per heavy atom. The molecule has 0 aliphatic carbocycles. The molecule has 0 fully saturated rings. The molecule has 0 saturated heterocycles. The Bertz CT molecular complexity index is 697. The van der Waals surface area contributed by atoms with Crippen LogP contribution in [0.4, 0.5) is 0 Å². The van der Waals surface area contributed by atoms with Gasteiger partial charge < -0.3 is 9.84 Å². The van der Waals surface area contributed by atoms with E-state index in [0.717, 1.165) is 32.4 Å². The predicted octanol–water partition coefficient (Wildman–Crippen LogP) is 4.74. The van der Waals surface area contributed by atoms with Crippen molar-refractivity contribution in [3.05, 3.63) is 61.7 Å². The van der Waals surface area contributed by atoms with E-state index in [4.69, 9.17) is 16.3 Å². The first kappa shape index (κ1) is 15.1. The number of hydrogen-bond acceptors (Lipinski definition) is 2. The standard InChI is InChI=1S/C17H16ClIO2/c1-17(2)9-12-7-10(4-6-15(12)21-17)16(20)11-3-5-14(19)13(18)8-11/h3-8,16,20H,9H2,1-2H3. The van der Waals surface area contributed by atoms with Crippen molar-refractivity contribution in [2.45, 2.75) is 32.0 Å². The van der Waals surface area contributed by atoms with Crippen LogP contribution in [0.3, 0.4) is 0 Å². The lowest BCUT2D eigenvalue weighted by atomic mass is 9.96. The van der Waals surface area contributed by atoms with Gasteiger partial charge in [-0.15, -0.1) is 0 Å². The van der Waals surface area contributed by atoms with E-state index in [1.165, 1.54) is 0 Å². The number of hydrogen-bond donors (Lipinski definition) is 1. The Balaban J connectivity index is 1.93. The molecule has 1 aliphatic rings. The summed E-state index contributed by atoms with van der Waals surface area (Å²) >= 11 is 8.31. The summed E-state index contributed by atoms with van der Waals surface area (Å²) in [6, 6.07) is 11.5. The summed E-state index contributed by atoms with van der Waals surface area (Å²) in [4.78, 5) is 0. The molecule has 1 N–H and O–H groups in total. The van der Waals surface area contributed by atoms with Crippen LogP contribution in [0.15, 0.2) is 36.4 Å². The minimum absolute atomic E-state index is 0.169. The van der Waals surface area contributed by atoms with Crippen LogP contribution < -0.4 is 4.74 Å². The van der Waals surface area contributed by atoms with E-state index >= 15 is 0 Å². The smallest absolute Gasteiger partial charge is 0.123 e. The molecule has 2 aromatic carbocycles. The Morgan fingerprint density at radius 2 is 1.86 bits per heavy atom. The summed E-state index contributed by atoms with van der Waals surface area (Å²) in [5, 5.41) is 11.2. The van der Waals surface area contributed by atoms with Gasteiger partial charge in [-0.05, 0) is 77.4 Å². The number of rotatable bonds is 2. The molecular formula is C17H16ClIO2. The lowest BCUT2D eigenvalue weighted by Crippen LogP contribution is -2.24. The largest absolute Gasteiger partial charge is 0.487 e. The molecule has 1 aliphatic heterocycles. The molecule has 1 unspecified atom stereocenters.